The van der Waals surface area contributed by atoms with Gasteiger partial charge in [0.15, 0.2) is 0 Å². The van der Waals surface area contributed by atoms with Crippen molar-refractivity contribution in [3.63, 3.8) is 0 Å². The molecule has 1 saturated heterocycles. The Morgan fingerprint density at radius 1 is 0.947 bits per heavy atom. The number of carbonyl (C=O) groups is 1. The number of rotatable bonds is 17. The van der Waals surface area contributed by atoms with E-state index in [4.69, 9.17) is 4.74 Å². The molecule has 0 radical (unpaired) electrons. The van der Waals surface area contributed by atoms with Gasteiger partial charge in [-0.2, -0.15) is 4.98 Å². The number of aliphatic hydroxyl groups is 1. The molecule has 0 unspecified atom stereocenters. The van der Waals surface area contributed by atoms with Gasteiger partial charge in [-0.15, -0.1) is 0 Å². The topological polar surface area (TPSA) is 93.5 Å². The van der Waals surface area contributed by atoms with Crippen molar-refractivity contribution in [2.75, 3.05) is 11.9 Å². The van der Waals surface area contributed by atoms with Crippen LogP contribution in [-0.4, -0.2) is 33.3 Å². The van der Waals surface area contributed by atoms with Crippen LogP contribution in [0.5, 0.6) is 0 Å². The van der Waals surface area contributed by atoms with Gasteiger partial charge in [0.05, 0.1) is 12.7 Å². The largest absolute Gasteiger partial charge is 0.394 e. The third kappa shape index (κ3) is 13.3. The fraction of sp³-hybridized carbons (Fsp3) is 0.452. The maximum Gasteiger partial charge on any atom is 0.351 e. The molecule has 7 heteroatoms. The van der Waals surface area contributed by atoms with Gasteiger partial charge in [-0.3, -0.25) is 9.36 Å². The van der Waals surface area contributed by atoms with Gasteiger partial charge in [0.2, 0.25) is 5.91 Å². The third-order valence-electron chi connectivity index (χ3n) is 5.83. The smallest absolute Gasteiger partial charge is 0.351 e. The highest BCUT2D eigenvalue weighted by Crippen LogP contribution is 2.26. The molecule has 38 heavy (non-hydrogen) atoms. The standard InChI is InChI=1S/C31H43N3O4/c1-2-3-4-5-6-7-8-9-10-11-12-13-14-15-16-17-18-19-20-21-29(36)32-28-24-25-34(31(37)33-28)30-23-22-27(26-35)38-30/h3-4,6-7,9-10,12-13,15-16,18-19,24-25,27,30,35H,2,5,8,11,14,17,20-23,26H2,1H3,(H,32,33,36,37)/b4-3+,7-6+,10-9+,13-12+,16-15+,19-18+/t27-,30+/m0/s1. The number of anilines is 1. The number of hydrogen-bond donors (Lipinski definition) is 2. The fourth-order valence-electron chi connectivity index (χ4n) is 3.79. The van der Waals surface area contributed by atoms with Crippen molar-refractivity contribution in [3.8, 4) is 0 Å². The van der Waals surface area contributed by atoms with Gasteiger partial charge in [-0.05, 0) is 63.9 Å². The highest BCUT2D eigenvalue weighted by Gasteiger charge is 2.26. The predicted octanol–water partition coefficient (Wildman–Crippen LogP) is 6.33. The number of nitrogens with zero attached hydrogens (tertiary/aromatic N) is 2. The molecule has 2 atom stereocenters. The zero-order valence-electron chi connectivity index (χ0n) is 22.6. The number of allylic oxidation sites excluding steroid dienone is 12. The minimum absolute atomic E-state index is 0.0659. The summed E-state index contributed by atoms with van der Waals surface area (Å²) in [6.45, 7) is 2.08. The molecule has 7 nitrogen and oxygen atoms in total. The first-order valence-electron chi connectivity index (χ1n) is 13.7. The molecule has 1 aromatic heterocycles. The molecule has 0 bridgehead atoms. The second-order valence-corrected chi connectivity index (χ2v) is 8.98. The Kier molecular flexibility index (Phi) is 16.1. The van der Waals surface area contributed by atoms with E-state index in [2.05, 4.69) is 78.0 Å². The van der Waals surface area contributed by atoms with Gasteiger partial charge in [-0.1, -0.05) is 79.8 Å². The Morgan fingerprint density at radius 3 is 2.00 bits per heavy atom. The number of nitrogens with one attached hydrogen (secondary N) is 1. The normalized spacial score (nSPS) is 18.5. The molecule has 2 rings (SSSR count). The van der Waals surface area contributed by atoms with Crippen LogP contribution in [0.15, 0.2) is 90.0 Å². The summed E-state index contributed by atoms with van der Waals surface area (Å²) in [5, 5.41) is 11.8. The Hall–Kier alpha value is -3.29. The van der Waals surface area contributed by atoms with Crippen molar-refractivity contribution in [2.45, 2.75) is 83.5 Å². The monoisotopic (exact) mass is 521 g/mol. The van der Waals surface area contributed by atoms with E-state index in [9.17, 15) is 14.7 Å². The van der Waals surface area contributed by atoms with Gasteiger partial charge < -0.3 is 15.2 Å². The first kappa shape index (κ1) is 30.9. The Bertz CT molecular complexity index is 1050. The molecular formula is C31H43N3O4. The van der Waals surface area contributed by atoms with E-state index >= 15 is 0 Å². The quantitative estimate of drug-likeness (QED) is 0.234. The summed E-state index contributed by atoms with van der Waals surface area (Å²) in [6, 6.07) is 1.59. The second kappa shape index (κ2) is 19.8. The molecule has 0 aromatic carbocycles. The lowest BCUT2D eigenvalue weighted by molar-refractivity contribution is -0.116. The van der Waals surface area contributed by atoms with Crippen LogP contribution >= 0.6 is 0 Å². The summed E-state index contributed by atoms with van der Waals surface area (Å²) < 4.78 is 7.00. The number of carbonyl (C=O) groups excluding carboxylic acids is 1. The number of amides is 1. The average Bonchev–Trinajstić information content (AvgIpc) is 3.39. The number of aliphatic hydroxyl groups excluding tert-OH is 1. The third-order valence-corrected chi connectivity index (χ3v) is 5.83. The minimum atomic E-state index is -0.483. The second-order valence-electron chi connectivity index (χ2n) is 8.98. The van der Waals surface area contributed by atoms with Crippen molar-refractivity contribution in [1.29, 1.82) is 0 Å². The van der Waals surface area contributed by atoms with Gasteiger partial charge >= 0.3 is 5.69 Å². The highest BCUT2D eigenvalue weighted by atomic mass is 16.5. The molecule has 1 aliphatic rings. The zero-order valence-corrected chi connectivity index (χ0v) is 22.6. The summed E-state index contributed by atoms with van der Waals surface area (Å²) in [4.78, 5) is 28.4. The molecule has 0 saturated carbocycles. The maximum atomic E-state index is 12.3. The van der Waals surface area contributed by atoms with Crippen molar-refractivity contribution < 1.29 is 14.6 Å². The molecule has 1 fully saturated rings. The minimum Gasteiger partial charge on any atom is -0.394 e. The highest BCUT2D eigenvalue weighted by molar-refractivity contribution is 5.89. The lowest BCUT2D eigenvalue weighted by Crippen LogP contribution is -2.28. The first-order valence-corrected chi connectivity index (χ1v) is 13.7. The fourth-order valence-corrected chi connectivity index (χ4v) is 3.79. The lowest BCUT2D eigenvalue weighted by Gasteiger charge is -2.14. The van der Waals surface area contributed by atoms with E-state index < -0.39 is 11.9 Å². The lowest BCUT2D eigenvalue weighted by atomic mass is 10.2. The molecule has 1 aromatic rings. The van der Waals surface area contributed by atoms with E-state index in [1.807, 2.05) is 12.2 Å². The predicted molar refractivity (Wildman–Crippen MR) is 155 cm³/mol. The summed E-state index contributed by atoms with van der Waals surface area (Å²) in [5.74, 6) is 0.0438. The van der Waals surface area contributed by atoms with Crippen LogP contribution in [0, 0.1) is 0 Å². The van der Waals surface area contributed by atoms with E-state index in [1.165, 1.54) is 4.57 Å². The van der Waals surface area contributed by atoms with Crippen molar-refractivity contribution >= 4 is 11.7 Å². The molecule has 2 heterocycles. The maximum absolute atomic E-state index is 12.3. The van der Waals surface area contributed by atoms with E-state index in [-0.39, 0.29) is 24.4 Å². The van der Waals surface area contributed by atoms with Crippen LogP contribution in [0.25, 0.3) is 0 Å². The first-order chi connectivity index (χ1) is 18.6. The van der Waals surface area contributed by atoms with Crippen molar-refractivity contribution in [1.82, 2.24) is 9.55 Å². The van der Waals surface area contributed by atoms with Gasteiger partial charge in [-0.25, -0.2) is 4.79 Å². The summed E-state index contributed by atoms with van der Waals surface area (Å²) in [5.41, 5.74) is -0.483. The number of hydrogen-bond acceptors (Lipinski definition) is 5. The van der Waals surface area contributed by atoms with Crippen LogP contribution in [0.1, 0.15) is 77.4 Å². The van der Waals surface area contributed by atoms with Crippen LogP contribution in [-0.2, 0) is 9.53 Å². The molecule has 1 amide bonds. The number of ether oxygens (including phenoxy) is 1. The van der Waals surface area contributed by atoms with Crippen LogP contribution < -0.4 is 11.0 Å². The van der Waals surface area contributed by atoms with E-state index in [0.717, 1.165) is 38.5 Å². The molecular weight excluding hydrogens is 478 g/mol. The van der Waals surface area contributed by atoms with Gasteiger partial charge in [0, 0.05) is 12.6 Å². The summed E-state index contributed by atoms with van der Waals surface area (Å²) in [7, 11) is 0. The molecule has 2 N–H and O–H groups in total. The van der Waals surface area contributed by atoms with E-state index in [0.29, 0.717) is 25.7 Å². The number of aromatic nitrogens is 2. The van der Waals surface area contributed by atoms with Crippen molar-refractivity contribution in [2.24, 2.45) is 0 Å². The van der Waals surface area contributed by atoms with Crippen molar-refractivity contribution in [3.05, 3.63) is 95.7 Å². The summed E-state index contributed by atoms with van der Waals surface area (Å²) in [6.07, 6.45) is 34.7. The van der Waals surface area contributed by atoms with Gasteiger partial charge in [0.1, 0.15) is 12.0 Å². The van der Waals surface area contributed by atoms with Gasteiger partial charge in [0.25, 0.3) is 0 Å². The van der Waals surface area contributed by atoms with E-state index in [1.54, 1.807) is 12.3 Å². The molecule has 0 spiro atoms. The Balaban J connectivity index is 1.53. The Labute approximate surface area is 227 Å². The average molecular weight is 522 g/mol. The van der Waals surface area contributed by atoms with Crippen LogP contribution in [0.3, 0.4) is 0 Å². The Morgan fingerprint density at radius 2 is 1.50 bits per heavy atom. The molecule has 206 valence electrons. The van der Waals surface area contributed by atoms with Crippen LogP contribution in [0.4, 0.5) is 5.82 Å². The summed E-state index contributed by atoms with van der Waals surface area (Å²) >= 11 is 0. The molecule has 1 aliphatic heterocycles. The molecule has 0 aliphatic carbocycles. The zero-order chi connectivity index (χ0) is 27.3. The SMILES string of the molecule is CC/C=C/C/C=C/C/C=C/C/C=C/C/C=C/C/C=C/CCC(=O)Nc1ccn([C@H]2CC[C@@H](CO)O2)c(=O)n1. The van der Waals surface area contributed by atoms with Crippen LogP contribution in [0.2, 0.25) is 0 Å².